The molecule has 196 valence electrons. The molecule has 2 bridgehead atoms. The molecule has 4 unspecified atom stereocenters. The van der Waals surface area contributed by atoms with Crippen molar-refractivity contribution < 1.29 is 50.9 Å². The number of halogens is 6. The molecule has 13 heteroatoms. The molecule has 1 aromatic heterocycles. The van der Waals surface area contributed by atoms with Gasteiger partial charge < -0.3 is 14.9 Å². The first-order chi connectivity index (χ1) is 16.5. The molecular weight excluding hydrogens is 516 g/mol. The molecule has 4 aliphatic rings. The highest BCUT2D eigenvalue weighted by atomic mass is 32.1. The summed E-state index contributed by atoms with van der Waals surface area (Å²) < 4.78 is 96.7. The van der Waals surface area contributed by atoms with Crippen molar-refractivity contribution >= 4 is 28.7 Å². The topological polar surface area (TPSA) is 87.1 Å². The van der Waals surface area contributed by atoms with Crippen LogP contribution in [-0.4, -0.2) is 69.0 Å². The Morgan fingerprint density at radius 2 is 1.58 bits per heavy atom. The van der Waals surface area contributed by atoms with Crippen molar-refractivity contribution in [2.45, 2.75) is 56.3 Å². The molecule has 0 saturated carbocycles. The maximum Gasteiger partial charge on any atom is 0.380 e. The summed E-state index contributed by atoms with van der Waals surface area (Å²) in [5.74, 6) is -20.7. The summed E-state index contributed by atoms with van der Waals surface area (Å²) in [6, 6.07) is 0.968. The van der Waals surface area contributed by atoms with Gasteiger partial charge in [0.15, 0.2) is 0 Å². The van der Waals surface area contributed by atoms with Crippen molar-refractivity contribution in [3.05, 3.63) is 38.6 Å². The van der Waals surface area contributed by atoms with Crippen LogP contribution in [0, 0.1) is 18.8 Å². The predicted molar refractivity (Wildman–Crippen MR) is 114 cm³/mol. The molecule has 1 aromatic rings. The number of hydrogen-bond donors (Lipinski definition) is 2. The second-order valence-corrected chi connectivity index (χ2v) is 11.1. The number of aryl methyl sites for hydroxylation is 1. The standard InChI is InChI=1S/C23H21F6NO5S/c1-9-11(6-10(8-32)36-9)13-14(22(26,27)23(28,29)21(13,24)25)12-7-19(2)15-16(20(12,3)35-19)18(34)30(4-5-31)17(15)33/h6-7,15-16,31-32H,4-5,8H2,1-3H3. The van der Waals surface area contributed by atoms with Crippen molar-refractivity contribution in [1.82, 2.24) is 4.90 Å². The fourth-order valence-electron chi connectivity index (χ4n) is 6.16. The third kappa shape index (κ3) is 2.69. The van der Waals surface area contributed by atoms with Gasteiger partial charge in [-0.1, -0.05) is 0 Å². The van der Waals surface area contributed by atoms with Crippen LogP contribution in [0.15, 0.2) is 23.3 Å². The molecule has 4 atom stereocenters. The van der Waals surface area contributed by atoms with Crippen molar-refractivity contribution in [3.63, 3.8) is 0 Å². The van der Waals surface area contributed by atoms with Crippen molar-refractivity contribution in [1.29, 1.82) is 0 Å². The summed E-state index contributed by atoms with van der Waals surface area (Å²) in [7, 11) is 0. The van der Waals surface area contributed by atoms with Gasteiger partial charge in [-0.15, -0.1) is 11.3 Å². The number of nitrogens with zero attached hydrogens (tertiary/aromatic N) is 1. The lowest BCUT2D eigenvalue weighted by molar-refractivity contribution is -0.259. The number of alkyl halides is 6. The molecule has 2 N–H and O–H groups in total. The molecule has 6 nitrogen and oxygen atoms in total. The molecule has 0 radical (unpaired) electrons. The van der Waals surface area contributed by atoms with Crippen LogP contribution >= 0.6 is 11.3 Å². The summed E-state index contributed by atoms with van der Waals surface area (Å²) >= 11 is 0.795. The zero-order chi connectivity index (χ0) is 26.8. The number of fused-ring (bicyclic) bond motifs is 5. The Balaban J connectivity index is 1.79. The number of thiophene rings is 1. The molecule has 1 aliphatic carbocycles. The Morgan fingerprint density at radius 1 is 1.00 bits per heavy atom. The number of aliphatic hydroxyl groups excluding tert-OH is 2. The minimum absolute atomic E-state index is 0.0138. The average molecular weight is 537 g/mol. The number of aliphatic hydroxyl groups is 2. The highest BCUT2D eigenvalue weighted by molar-refractivity contribution is 7.12. The first-order valence-corrected chi connectivity index (χ1v) is 11.8. The number of ether oxygens (including phenoxy) is 1. The van der Waals surface area contributed by atoms with Gasteiger partial charge in [-0.05, 0) is 44.1 Å². The van der Waals surface area contributed by atoms with Crippen molar-refractivity contribution in [2.75, 3.05) is 13.2 Å². The maximum absolute atomic E-state index is 15.4. The van der Waals surface area contributed by atoms with E-state index in [-0.39, 0.29) is 16.3 Å². The lowest BCUT2D eigenvalue weighted by Gasteiger charge is -2.33. The number of amides is 2. The Labute approximate surface area is 204 Å². The molecule has 5 rings (SSSR count). The Hall–Kier alpha value is -2.22. The first kappa shape index (κ1) is 25.4. The Morgan fingerprint density at radius 3 is 2.14 bits per heavy atom. The number of carbonyl (C=O) groups is 2. The van der Waals surface area contributed by atoms with Crippen LogP contribution in [-0.2, 0) is 20.9 Å². The molecule has 2 amide bonds. The zero-order valence-corrected chi connectivity index (χ0v) is 20.0. The second-order valence-electron chi connectivity index (χ2n) is 9.77. The molecular formula is C23H21F6NO5S. The minimum atomic E-state index is -5.81. The number of β-amino-alcohol motifs (C(OH)–C–C–N with tert-alkyl or cyclic N) is 1. The lowest BCUT2D eigenvalue weighted by Crippen LogP contribution is -2.50. The van der Waals surface area contributed by atoms with Crippen LogP contribution in [0.4, 0.5) is 26.3 Å². The molecule has 2 saturated heterocycles. The largest absolute Gasteiger partial charge is 0.395 e. The van der Waals surface area contributed by atoms with Gasteiger partial charge in [-0.25, -0.2) is 0 Å². The van der Waals surface area contributed by atoms with E-state index in [1.807, 2.05) is 0 Å². The van der Waals surface area contributed by atoms with Gasteiger partial charge in [0.25, 0.3) is 0 Å². The molecule has 36 heavy (non-hydrogen) atoms. The number of likely N-dealkylation sites (tertiary alicyclic amines) is 1. The van der Waals surface area contributed by atoms with E-state index in [1.165, 1.54) is 13.8 Å². The number of carbonyl (C=O) groups excluding carboxylic acids is 2. The van der Waals surface area contributed by atoms with Crippen LogP contribution in [0.1, 0.15) is 29.2 Å². The van der Waals surface area contributed by atoms with Gasteiger partial charge in [0, 0.05) is 20.9 Å². The van der Waals surface area contributed by atoms with Gasteiger partial charge in [0.05, 0.1) is 37.2 Å². The van der Waals surface area contributed by atoms with Crippen LogP contribution in [0.2, 0.25) is 0 Å². The number of imide groups is 1. The smallest absolute Gasteiger partial charge is 0.380 e. The van der Waals surface area contributed by atoms with E-state index < -0.39 is 88.1 Å². The van der Waals surface area contributed by atoms with Gasteiger partial charge in [0.1, 0.15) is 5.60 Å². The zero-order valence-electron chi connectivity index (χ0n) is 19.2. The Kier molecular flexibility index (Phi) is 5.09. The van der Waals surface area contributed by atoms with Crippen LogP contribution in [0.3, 0.4) is 0 Å². The van der Waals surface area contributed by atoms with Gasteiger partial charge in [-0.2, -0.15) is 26.3 Å². The van der Waals surface area contributed by atoms with Crippen LogP contribution < -0.4 is 0 Å². The predicted octanol–water partition coefficient (Wildman–Crippen LogP) is 3.30. The summed E-state index contributed by atoms with van der Waals surface area (Å²) in [4.78, 5) is 26.9. The molecule has 4 heterocycles. The highest BCUT2D eigenvalue weighted by Gasteiger charge is 2.83. The summed E-state index contributed by atoms with van der Waals surface area (Å²) in [5, 5.41) is 18.6. The summed E-state index contributed by atoms with van der Waals surface area (Å²) in [5.41, 5.74) is -8.32. The molecule has 3 aliphatic heterocycles. The number of hydrogen-bond acceptors (Lipinski definition) is 6. The van der Waals surface area contributed by atoms with E-state index >= 15 is 17.6 Å². The van der Waals surface area contributed by atoms with Crippen LogP contribution in [0.5, 0.6) is 0 Å². The third-order valence-corrected chi connectivity index (χ3v) is 8.69. The number of allylic oxidation sites excluding steroid dienone is 1. The third-order valence-electron chi connectivity index (χ3n) is 7.66. The Bertz CT molecular complexity index is 1270. The number of rotatable bonds is 5. The first-order valence-electron chi connectivity index (χ1n) is 11.0. The highest BCUT2D eigenvalue weighted by Crippen LogP contribution is 2.69. The van der Waals surface area contributed by atoms with E-state index in [4.69, 9.17) is 4.74 Å². The molecule has 2 fully saturated rings. The van der Waals surface area contributed by atoms with E-state index in [2.05, 4.69) is 0 Å². The van der Waals surface area contributed by atoms with E-state index in [9.17, 15) is 28.6 Å². The lowest BCUT2D eigenvalue weighted by atomic mass is 9.67. The van der Waals surface area contributed by atoms with E-state index in [1.54, 1.807) is 0 Å². The minimum Gasteiger partial charge on any atom is -0.395 e. The van der Waals surface area contributed by atoms with Crippen LogP contribution in [0.25, 0.3) is 5.57 Å². The van der Waals surface area contributed by atoms with Gasteiger partial charge in [0.2, 0.25) is 11.8 Å². The molecule has 0 spiro atoms. The van der Waals surface area contributed by atoms with E-state index in [0.717, 1.165) is 35.3 Å². The fraction of sp³-hybridized carbons (Fsp3) is 0.565. The average Bonchev–Trinajstić information content (AvgIpc) is 3.45. The molecule has 0 aromatic carbocycles. The quantitative estimate of drug-likeness (QED) is 0.445. The SMILES string of the molecule is Cc1sc(CO)cc1C1=C(C2=CC3(C)OC2(C)C2C(=O)N(CCO)C(=O)C23)C(F)(F)C(F)(F)C1(F)F. The van der Waals surface area contributed by atoms with E-state index in [0.29, 0.717) is 0 Å². The normalized spacial score (nSPS) is 35.8. The summed E-state index contributed by atoms with van der Waals surface area (Å²) in [6.07, 6.45) is 0.969. The van der Waals surface area contributed by atoms with Crippen molar-refractivity contribution in [2.24, 2.45) is 11.8 Å². The summed E-state index contributed by atoms with van der Waals surface area (Å²) in [6.45, 7) is 2.18. The maximum atomic E-state index is 15.4. The van der Waals surface area contributed by atoms with Crippen molar-refractivity contribution in [3.8, 4) is 0 Å². The second kappa shape index (κ2) is 7.21. The monoisotopic (exact) mass is 537 g/mol. The van der Waals surface area contributed by atoms with Gasteiger partial charge >= 0.3 is 17.8 Å². The van der Waals surface area contributed by atoms with Gasteiger partial charge in [-0.3, -0.25) is 14.5 Å². The fourth-order valence-corrected chi connectivity index (χ4v) is 7.06.